The van der Waals surface area contributed by atoms with Crippen LogP contribution >= 0.6 is 0 Å². The Morgan fingerprint density at radius 3 is 1.04 bits per heavy atom. The summed E-state index contributed by atoms with van der Waals surface area (Å²) in [5.74, 6) is 1.09. The van der Waals surface area contributed by atoms with Crippen molar-refractivity contribution in [2.75, 3.05) is 9.80 Å². The summed E-state index contributed by atoms with van der Waals surface area (Å²) in [5, 5.41) is 13.5. The molecule has 2 saturated carbocycles. The van der Waals surface area contributed by atoms with Crippen LogP contribution in [0.25, 0.3) is 76.1 Å². The molecule has 2 fully saturated rings. The van der Waals surface area contributed by atoms with Gasteiger partial charge in [-0.15, -0.1) is 0 Å². The summed E-state index contributed by atoms with van der Waals surface area (Å²) in [6.07, 6.45) is 12.9. The van der Waals surface area contributed by atoms with Crippen molar-refractivity contribution in [1.82, 2.24) is 0 Å². The van der Waals surface area contributed by atoms with Gasteiger partial charge in [-0.1, -0.05) is 196 Å². The molecule has 2 nitrogen and oxygen atoms in total. The number of benzene rings is 12. The molecule has 74 heavy (non-hydrogen) atoms. The van der Waals surface area contributed by atoms with E-state index in [1.165, 1.54) is 163 Å². The molecule has 0 unspecified atom stereocenters. The molecule has 0 bridgehead atoms. The Labute approximate surface area is 435 Å². The highest BCUT2D eigenvalue weighted by Gasteiger charge is 2.27. The van der Waals surface area contributed by atoms with Crippen molar-refractivity contribution in [3.63, 3.8) is 0 Å². The van der Waals surface area contributed by atoms with Crippen LogP contribution in [0.2, 0.25) is 0 Å². The van der Waals surface area contributed by atoms with Gasteiger partial charge in [0.2, 0.25) is 0 Å². The molecule has 0 heterocycles. The Balaban J connectivity index is 0.951. The molecule has 2 aliphatic rings. The summed E-state index contributed by atoms with van der Waals surface area (Å²) >= 11 is 0. The quantitative estimate of drug-likeness (QED) is 0.126. The first-order chi connectivity index (χ1) is 36.7. The number of hydrogen-bond acceptors (Lipinski definition) is 2. The molecule has 358 valence electrons. The van der Waals surface area contributed by atoms with Crippen molar-refractivity contribution in [3.8, 4) is 22.3 Å². The largest absolute Gasteiger partial charge is 0.310 e. The van der Waals surface area contributed by atoms with Gasteiger partial charge in [0.25, 0.3) is 0 Å². The highest BCUT2D eigenvalue weighted by molar-refractivity contribution is 6.29. The fourth-order valence-corrected chi connectivity index (χ4v) is 13.4. The third-order valence-electron chi connectivity index (χ3n) is 17.0. The standard InChI is InChI=1S/C72H60N2/c1-5-19-51(20-6-1)65-47-67(53-35-39-57(40-36-53)73(55-27-9-3-10-28-55)69-33-17-25-49-23-13-15-31-59(49)69)63-46-44-62-66(52-21-7-2-8-22-52)48-68(64-45-43-61(65)71(63)72(62)64)54-37-41-58(42-38-54)74(56-29-11-4-12-30-56)70-34-18-26-50-24-14-16-32-60(50)70/h3-4,9-18,23-48,51-52H,1-2,5-8,19-22H2. The highest BCUT2D eigenvalue weighted by Crippen LogP contribution is 2.51. The number of anilines is 6. The maximum Gasteiger partial charge on any atom is 0.0540 e. The number of nitrogens with zero attached hydrogens (tertiary/aromatic N) is 2. The second-order valence-electron chi connectivity index (χ2n) is 21.2. The molecule has 0 saturated heterocycles. The van der Waals surface area contributed by atoms with E-state index in [-0.39, 0.29) is 0 Å². The van der Waals surface area contributed by atoms with E-state index in [2.05, 4.69) is 240 Å². The average molecular weight is 953 g/mol. The van der Waals surface area contributed by atoms with E-state index >= 15 is 0 Å². The van der Waals surface area contributed by atoms with Gasteiger partial charge in [-0.05, 0) is 187 Å². The first-order valence-corrected chi connectivity index (χ1v) is 27.4. The van der Waals surface area contributed by atoms with Crippen LogP contribution in [0.3, 0.4) is 0 Å². The molecular formula is C72H60N2. The molecule has 2 heteroatoms. The van der Waals surface area contributed by atoms with Gasteiger partial charge in [-0.3, -0.25) is 0 Å². The third kappa shape index (κ3) is 7.78. The van der Waals surface area contributed by atoms with Gasteiger partial charge in [0, 0.05) is 33.5 Å². The number of hydrogen-bond donors (Lipinski definition) is 0. The molecule has 0 aromatic heterocycles. The summed E-state index contributed by atoms with van der Waals surface area (Å²) in [7, 11) is 0. The minimum atomic E-state index is 0.547. The molecule has 0 aliphatic heterocycles. The zero-order chi connectivity index (χ0) is 49.0. The van der Waals surface area contributed by atoms with Gasteiger partial charge >= 0.3 is 0 Å². The Kier molecular flexibility index (Phi) is 11.4. The van der Waals surface area contributed by atoms with Crippen LogP contribution in [-0.4, -0.2) is 0 Å². The van der Waals surface area contributed by atoms with Gasteiger partial charge in [-0.25, -0.2) is 0 Å². The Bertz CT molecular complexity index is 3690. The number of fused-ring (bicyclic) bond motifs is 2. The van der Waals surface area contributed by atoms with Gasteiger partial charge in [-0.2, -0.15) is 0 Å². The van der Waals surface area contributed by atoms with E-state index in [9.17, 15) is 0 Å². The van der Waals surface area contributed by atoms with Crippen molar-refractivity contribution in [2.45, 2.75) is 76.0 Å². The fourth-order valence-electron chi connectivity index (χ4n) is 13.4. The lowest BCUT2D eigenvalue weighted by molar-refractivity contribution is 0.445. The van der Waals surface area contributed by atoms with Gasteiger partial charge in [0.05, 0.1) is 11.4 Å². The van der Waals surface area contributed by atoms with E-state index in [0.29, 0.717) is 11.8 Å². The van der Waals surface area contributed by atoms with Crippen LogP contribution < -0.4 is 9.80 Å². The van der Waals surface area contributed by atoms with E-state index in [1.54, 1.807) is 0 Å². The zero-order valence-corrected chi connectivity index (χ0v) is 42.1. The first kappa shape index (κ1) is 44.5. The minimum Gasteiger partial charge on any atom is -0.310 e. The normalized spacial score (nSPS) is 14.6. The van der Waals surface area contributed by atoms with Crippen LogP contribution in [0.5, 0.6) is 0 Å². The Hall–Kier alpha value is -8.20. The topological polar surface area (TPSA) is 6.48 Å². The van der Waals surface area contributed by atoms with E-state index in [0.717, 1.165) is 22.7 Å². The fraction of sp³-hybridized carbons (Fsp3) is 0.167. The van der Waals surface area contributed by atoms with Crippen LogP contribution in [0.15, 0.2) is 231 Å². The molecule has 0 amide bonds. The summed E-state index contributed by atoms with van der Waals surface area (Å²) in [6, 6.07) is 86.8. The lowest BCUT2D eigenvalue weighted by Gasteiger charge is -2.29. The number of rotatable bonds is 10. The SMILES string of the molecule is c1ccc(N(c2ccc(-c3cc(C4CCCCC4)c4ccc5c(-c6ccc(N(c7ccccc7)c7cccc8ccccc78)cc6)cc(C6CCCCC6)c6ccc3c4c56)cc2)c2cccc3ccccc23)cc1. The van der Waals surface area contributed by atoms with Crippen molar-refractivity contribution in [3.05, 3.63) is 242 Å². The first-order valence-electron chi connectivity index (χ1n) is 27.4. The third-order valence-corrected chi connectivity index (χ3v) is 17.0. The summed E-state index contributed by atoms with van der Waals surface area (Å²) in [6.45, 7) is 0. The monoisotopic (exact) mass is 952 g/mol. The molecule has 12 aromatic carbocycles. The second-order valence-corrected chi connectivity index (χ2v) is 21.2. The highest BCUT2D eigenvalue weighted by atomic mass is 15.1. The van der Waals surface area contributed by atoms with Crippen molar-refractivity contribution < 1.29 is 0 Å². The number of para-hydroxylation sites is 2. The Morgan fingerprint density at radius 2 is 0.622 bits per heavy atom. The predicted octanol–water partition coefficient (Wildman–Crippen LogP) is 21.3. The lowest BCUT2D eigenvalue weighted by atomic mass is 9.76. The molecule has 0 radical (unpaired) electrons. The Morgan fingerprint density at radius 1 is 0.270 bits per heavy atom. The molecule has 0 N–H and O–H groups in total. The van der Waals surface area contributed by atoms with E-state index in [1.807, 2.05) is 0 Å². The van der Waals surface area contributed by atoms with Crippen molar-refractivity contribution in [2.24, 2.45) is 0 Å². The van der Waals surface area contributed by atoms with Crippen LogP contribution in [0.1, 0.15) is 87.2 Å². The summed E-state index contributed by atoms with van der Waals surface area (Å²) < 4.78 is 0. The van der Waals surface area contributed by atoms with Gasteiger partial charge < -0.3 is 9.80 Å². The maximum atomic E-state index is 2.61. The summed E-state index contributed by atoms with van der Waals surface area (Å²) in [4.78, 5) is 4.85. The average Bonchev–Trinajstić information content (AvgIpc) is 3.48. The molecule has 2 aliphatic carbocycles. The molecule has 12 aromatic rings. The molecule has 14 rings (SSSR count). The lowest BCUT2D eigenvalue weighted by Crippen LogP contribution is -2.10. The van der Waals surface area contributed by atoms with Crippen molar-refractivity contribution >= 4 is 88.0 Å². The van der Waals surface area contributed by atoms with Gasteiger partial charge in [0.1, 0.15) is 0 Å². The van der Waals surface area contributed by atoms with Crippen LogP contribution in [0, 0.1) is 0 Å². The maximum absolute atomic E-state index is 2.61. The zero-order valence-electron chi connectivity index (χ0n) is 42.1. The van der Waals surface area contributed by atoms with Crippen molar-refractivity contribution in [1.29, 1.82) is 0 Å². The molecule has 0 spiro atoms. The minimum absolute atomic E-state index is 0.547. The van der Waals surface area contributed by atoms with E-state index in [4.69, 9.17) is 0 Å². The van der Waals surface area contributed by atoms with Crippen LogP contribution in [0.4, 0.5) is 34.1 Å². The van der Waals surface area contributed by atoms with Gasteiger partial charge in [0.15, 0.2) is 0 Å². The van der Waals surface area contributed by atoms with E-state index < -0.39 is 0 Å². The predicted molar refractivity (Wildman–Crippen MR) is 317 cm³/mol. The molecule has 0 atom stereocenters. The summed E-state index contributed by atoms with van der Waals surface area (Å²) in [5.41, 5.74) is 15.3. The molecular weight excluding hydrogens is 893 g/mol. The second kappa shape index (κ2) is 19.0. The van der Waals surface area contributed by atoms with Crippen LogP contribution in [-0.2, 0) is 0 Å². The smallest absolute Gasteiger partial charge is 0.0540 e.